The highest BCUT2D eigenvalue weighted by Gasteiger charge is 2.26. The Hall–Kier alpha value is -3.37. The Labute approximate surface area is 191 Å². The van der Waals surface area contributed by atoms with Crippen molar-refractivity contribution in [2.45, 2.75) is 19.4 Å². The first kappa shape index (κ1) is 23.3. The Kier molecular flexibility index (Phi) is 7.49. The third-order valence-electron chi connectivity index (χ3n) is 5.46. The molecule has 0 radical (unpaired) electrons. The van der Waals surface area contributed by atoms with Gasteiger partial charge in [0, 0.05) is 75.1 Å². The number of hydrogen-bond donors (Lipinski definition) is 1. The van der Waals surface area contributed by atoms with E-state index in [-0.39, 0.29) is 34.8 Å². The molecular formula is C21H24ClN7O3. The lowest BCUT2D eigenvalue weighted by Crippen LogP contribution is -2.52. The van der Waals surface area contributed by atoms with E-state index in [2.05, 4.69) is 36.9 Å². The minimum absolute atomic E-state index is 0. The van der Waals surface area contributed by atoms with Crippen LogP contribution in [0.4, 0.5) is 11.4 Å². The van der Waals surface area contributed by atoms with E-state index in [1.165, 1.54) is 6.07 Å². The van der Waals surface area contributed by atoms with E-state index < -0.39 is 0 Å². The molecule has 2 aromatic heterocycles. The van der Waals surface area contributed by atoms with E-state index in [1.54, 1.807) is 36.8 Å². The number of benzene rings is 1. The lowest BCUT2D eigenvalue weighted by molar-refractivity contribution is -0.384. The van der Waals surface area contributed by atoms with E-state index in [9.17, 15) is 14.9 Å². The van der Waals surface area contributed by atoms with Crippen molar-refractivity contribution in [3.05, 3.63) is 64.6 Å². The number of nitro groups is 1. The predicted octanol–water partition coefficient (Wildman–Crippen LogP) is 2.98. The number of rotatable bonds is 7. The van der Waals surface area contributed by atoms with E-state index in [0.717, 1.165) is 25.3 Å². The molecule has 4 rings (SSSR count). The molecule has 11 heteroatoms. The van der Waals surface area contributed by atoms with Crippen LogP contribution in [-0.4, -0.2) is 68.0 Å². The number of Topliss-reactive ketones (excluding diaryl/α,β-unsaturated/α-hetero) is 1. The van der Waals surface area contributed by atoms with Crippen LogP contribution < -0.4 is 4.90 Å². The zero-order valence-electron chi connectivity index (χ0n) is 17.5. The number of hydrogen-bond acceptors (Lipinski definition) is 8. The second-order valence-electron chi connectivity index (χ2n) is 7.51. The third kappa shape index (κ3) is 5.09. The molecule has 1 aliphatic rings. The van der Waals surface area contributed by atoms with Gasteiger partial charge in [-0.05, 0) is 19.1 Å². The van der Waals surface area contributed by atoms with E-state index in [1.807, 2.05) is 6.07 Å². The first-order valence-corrected chi connectivity index (χ1v) is 10.1. The van der Waals surface area contributed by atoms with Crippen LogP contribution in [0.25, 0.3) is 11.5 Å². The second kappa shape index (κ2) is 10.3. The zero-order valence-corrected chi connectivity index (χ0v) is 18.4. The highest BCUT2D eigenvalue weighted by Crippen LogP contribution is 2.25. The summed E-state index contributed by atoms with van der Waals surface area (Å²) in [5, 5.41) is 17.9. The van der Waals surface area contributed by atoms with Gasteiger partial charge in [-0.15, -0.1) is 12.4 Å². The molecule has 10 nitrogen and oxygen atoms in total. The predicted molar refractivity (Wildman–Crippen MR) is 122 cm³/mol. The summed E-state index contributed by atoms with van der Waals surface area (Å²) in [6.45, 7) is 5.02. The van der Waals surface area contributed by atoms with Gasteiger partial charge in [0.15, 0.2) is 11.6 Å². The molecule has 0 aliphatic carbocycles. The molecule has 0 saturated carbocycles. The summed E-state index contributed by atoms with van der Waals surface area (Å²) in [6, 6.07) is 8.61. The van der Waals surface area contributed by atoms with E-state index in [4.69, 9.17) is 0 Å². The Balaban J connectivity index is 0.00000289. The summed E-state index contributed by atoms with van der Waals surface area (Å²) in [6.07, 6.45) is 5.20. The number of anilines is 1. The molecule has 1 saturated heterocycles. The van der Waals surface area contributed by atoms with Gasteiger partial charge in [-0.25, -0.2) is 9.97 Å². The van der Waals surface area contributed by atoms with Crippen molar-refractivity contribution in [3.8, 4) is 11.5 Å². The molecule has 3 aromatic rings. The van der Waals surface area contributed by atoms with Gasteiger partial charge in [0.25, 0.3) is 5.69 Å². The van der Waals surface area contributed by atoms with E-state index in [0.29, 0.717) is 30.0 Å². The molecule has 1 unspecified atom stereocenters. The van der Waals surface area contributed by atoms with Gasteiger partial charge >= 0.3 is 0 Å². The fraction of sp³-hybridized carbons (Fsp3) is 0.333. The van der Waals surface area contributed by atoms with Crippen LogP contribution in [0.2, 0.25) is 0 Å². The van der Waals surface area contributed by atoms with Crippen molar-refractivity contribution in [1.29, 1.82) is 0 Å². The summed E-state index contributed by atoms with van der Waals surface area (Å²) in [5.74, 6) is 0.413. The molecular weight excluding hydrogens is 434 g/mol. The fourth-order valence-corrected chi connectivity index (χ4v) is 3.89. The molecule has 1 aromatic carbocycles. The van der Waals surface area contributed by atoms with Gasteiger partial charge in [0.1, 0.15) is 5.69 Å². The average molecular weight is 458 g/mol. The first-order chi connectivity index (χ1) is 15.0. The Morgan fingerprint density at radius 2 is 2.03 bits per heavy atom. The number of carbonyl (C=O) groups is 1. The monoisotopic (exact) mass is 457 g/mol. The molecule has 32 heavy (non-hydrogen) atoms. The van der Waals surface area contributed by atoms with Gasteiger partial charge in [-0.3, -0.25) is 24.9 Å². The largest absolute Gasteiger partial charge is 0.366 e. The quantitative estimate of drug-likeness (QED) is 0.326. The summed E-state index contributed by atoms with van der Waals surface area (Å²) >= 11 is 0. The Morgan fingerprint density at radius 3 is 2.75 bits per heavy atom. The van der Waals surface area contributed by atoms with Crippen molar-refractivity contribution in [1.82, 2.24) is 25.1 Å². The number of nitrogens with zero attached hydrogens (tertiary/aromatic N) is 6. The standard InChI is InChI=1S/C21H23N7O3.ClH/c1-15-14-26(10-11-27(15)16-4-2-5-17(12-16)28(30)31)9-6-19(29)18-13-24-25-20(18)21-22-7-3-8-23-21;/h2-5,7-8,12-13,15H,6,9-11,14H2,1H3,(H,24,25);1H. The number of nitrogens with one attached hydrogen (secondary N) is 1. The number of ketones is 1. The molecule has 3 heterocycles. The van der Waals surface area contributed by atoms with Gasteiger partial charge in [0.05, 0.1) is 10.5 Å². The normalized spacial score (nSPS) is 16.4. The minimum atomic E-state index is -0.374. The average Bonchev–Trinajstić information content (AvgIpc) is 3.28. The maximum atomic E-state index is 12.8. The molecule has 1 atom stereocenters. The molecule has 1 N–H and O–H groups in total. The van der Waals surface area contributed by atoms with Crippen molar-refractivity contribution in [2.75, 3.05) is 31.1 Å². The number of piperazine rings is 1. The van der Waals surface area contributed by atoms with Crippen molar-refractivity contribution in [2.24, 2.45) is 0 Å². The van der Waals surface area contributed by atoms with Gasteiger partial charge in [-0.2, -0.15) is 5.10 Å². The van der Waals surface area contributed by atoms with Crippen LogP contribution in [-0.2, 0) is 0 Å². The fourth-order valence-electron chi connectivity index (χ4n) is 3.89. The van der Waals surface area contributed by atoms with Crippen LogP contribution in [0, 0.1) is 10.1 Å². The minimum Gasteiger partial charge on any atom is -0.366 e. The van der Waals surface area contributed by atoms with Crippen LogP contribution in [0.5, 0.6) is 0 Å². The number of nitro benzene ring substituents is 1. The number of aromatic nitrogens is 4. The highest BCUT2D eigenvalue weighted by atomic mass is 35.5. The van der Waals surface area contributed by atoms with Gasteiger partial charge in [-0.1, -0.05) is 6.07 Å². The molecule has 0 bridgehead atoms. The van der Waals surface area contributed by atoms with Crippen LogP contribution in [0.3, 0.4) is 0 Å². The SMILES string of the molecule is CC1CN(CCC(=O)c2c[nH]nc2-c2ncccn2)CCN1c1cccc([N+](=O)[O-])c1.Cl. The molecule has 0 amide bonds. The highest BCUT2D eigenvalue weighted by molar-refractivity contribution is 6.00. The topological polar surface area (TPSA) is 121 Å². The first-order valence-electron chi connectivity index (χ1n) is 10.1. The molecule has 1 aliphatic heterocycles. The smallest absolute Gasteiger partial charge is 0.271 e. The summed E-state index contributed by atoms with van der Waals surface area (Å²) in [7, 11) is 0. The van der Waals surface area contributed by atoms with Gasteiger partial charge in [0.2, 0.25) is 0 Å². The zero-order chi connectivity index (χ0) is 21.8. The Morgan fingerprint density at radius 1 is 1.25 bits per heavy atom. The van der Waals surface area contributed by atoms with Crippen LogP contribution >= 0.6 is 12.4 Å². The summed E-state index contributed by atoms with van der Waals surface area (Å²) in [4.78, 5) is 36.3. The third-order valence-corrected chi connectivity index (χ3v) is 5.46. The molecule has 0 spiro atoms. The van der Waals surface area contributed by atoms with Gasteiger partial charge < -0.3 is 4.90 Å². The second-order valence-corrected chi connectivity index (χ2v) is 7.51. The lowest BCUT2D eigenvalue weighted by Gasteiger charge is -2.41. The van der Waals surface area contributed by atoms with Crippen LogP contribution in [0.15, 0.2) is 48.9 Å². The van der Waals surface area contributed by atoms with Crippen molar-refractivity contribution >= 4 is 29.6 Å². The number of non-ortho nitro benzene ring substituents is 1. The molecule has 1 fully saturated rings. The maximum absolute atomic E-state index is 12.8. The van der Waals surface area contributed by atoms with Crippen molar-refractivity contribution < 1.29 is 9.72 Å². The van der Waals surface area contributed by atoms with Crippen molar-refractivity contribution in [3.63, 3.8) is 0 Å². The Bertz CT molecular complexity index is 1080. The summed E-state index contributed by atoms with van der Waals surface area (Å²) < 4.78 is 0. The molecule has 168 valence electrons. The number of H-pyrrole nitrogens is 1. The maximum Gasteiger partial charge on any atom is 0.271 e. The lowest BCUT2D eigenvalue weighted by atomic mass is 10.1. The van der Waals surface area contributed by atoms with Crippen LogP contribution in [0.1, 0.15) is 23.7 Å². The number of carbonyl (C=O) groups excluding carboxylic acids is 1. The summed E-state index contributed by atoms with van der Waals surface area (Å²) in [5.41, 5.74) is 1.91. The number of aromatic amines is 1. The van der Waals surface area contributed by atoms with E-state index >= 15 is 0 Å². The number of halogens is 1.